The molecule has 1 aliphatic rings. The Kier molecular flexibility index (Phi) is 1.45. The minimum atomic E-state index is -1.02. The first kappa shape index (κ1) is 6.80. The largest absolute Gasteiger partial charge is 0.478 e. The number of carbonyl (C=O) groups is 2. The zero-order chi connectivity index (χ0) is 7.72. The van der Waals surface area contributed by atoms with E-state index in [-0.39, 0.29) is 17.9 Å². The second-order valence-corrected chi connectivity index (χ2v) is 2.13. The lowest BCUT2D eigenvalue weighted by Gasteiger charge is -1.91. The number of hydrogen-bond acceptors (Lipinski definition) is 2. The van der Waals surface area contributed by atoms with Gasteiger partial charge in [0.15, 0.2) is 0 Å². The molecule has 0 saturated heterocycles. The zero-order valence-electron chi connectivity index (χ0n) is 5.47. The van der Waals surface area contributed by atoms with Gasteiger partial charge in [-0.2, -0.15) is 0 Å². The molecule has 0 atom stereocenters. The topological polar surface area (TPSA) is 66.4 Å². The molecule has 1 aliphatic heterocycles. The van der Waals surface area contributed by atoms with Crippen LogP contribution in [0.2, 0.25) is 0 Å². The highest BCUT2D eigenvalue weighted by atomic mass is 16.4. The minimum Gasteiger partial charge on any atom is -0.478 e. The number of hydrogen-bond donors (Lipinski definition) is 2. The standard InChI is InChI=1S/C6H7NO3/c1-3-4(6(9)10)2-5(8)7-3/h2H2,1H3,(H,7,8)(H,9,10). The Morgan fingerprint density at radius 1 is 1.70 bits per heavy atom. The normalized spacial score (nSPS) is 17.5. The summed E-state index contributed by atoms with van der Waals surface area (Å²) in [5.74, 6) is -1.26. The molecule has 0 saturated carbocycles. The van der Waals surface area contributed by atoms with E-state index in [1.807, 2.05) is 0 Å². The van der Waals surface area contributed by atoms with Crippen LogP contribution in [0.1, 0.15) is 13.3 Å². The molecule has 0 aromatic heterocycles. The van der Waals surface area contributed by atoms with Crippen molar-refractivity contribution in [2.24, 2.45) is 0 Å². The Morgan fingerprint density at radius 2 is 2.30 bits per heavy atom. The molecule has 0 unspecified atom stereocenters. The molecule has 1 rings (SSSR count). The maximum atomic E-state index is 10.6. The molecule has 0 fully saturated rings. The average molecular weight is 141 g/mol. The van der Waals surface area contributed by atoms with E-state index < -0.39 is 5.97 Å². The lowest BCUT2D eigenvalue weighted by atomic mass is 10.2. The predicted octanol–water partition coefficient (Wildman–Crippen LogP) is -0.135. The quantitative estimate of drug-likeness (QED) is 0.534. The molecule has 2 N–H and O–H groups in total. The highest BCUT2D eigenvalue weighted by Gasteiger charge is 2.22. The third-order valence-corrected chi connectivity index (χ3v) is 1.38. The Hall–Kier alpha value is -1.32. The Labute approximate surface area is 57.5 Å². The van der Waals surface area contributed by atoms with E-state index in [2.05, 4.69) is 5.32 Å². The highest BCUT2D eigenvalue weighted by molar-refractivity contribution is 5.98. The van der Waals surface area contributed by atoms with E-state index in [0.29, 0.717) is 5.70 Å². The van der Waals surface area contributed by atoms with E-state index in [1.54, 1.807) is 6.92 Å². The van der Waals surface area contributed by atoms with Crippen LogP contribution in [-0.2, 0) is 9.59 Å². The van der Waals surface area contributed by atoms with Crippen LogP contribution < -0.4 is 5.32 Å². The molecule has 1 amide bonds. The Bertz CT molecular complexity index is 229. The highest BCUT2D eigenvalue weighted by Crippen LogP contribution is 2.13. The van der Waals surface area contributed by atoms with Crippen molar-refractivity contribution in [1.82, 2.24) is 5.32 Å². The Balaban J connectivity index is 2.86. The molecule has 0 radical (unpaired) electrons. The average Bonchev–Trinajstić information content (AvgIpc) is 2.10. The van der Waals surface area contributed by atoms with Crippen LogP contribution in [-0.4, -0.2) is 17.0 Å². The number of rotatable bonds is 1. The van der Waals surface area contributed by atoms with E-state index in [1.165, 1.54) is 0 Å². The summed E-state index contributed by atoms with van der Waals surface area (Å²) >= 11 is 0. The number of nitrogens with one attached hydrogen (secondary N) is 1. The lowest BCUT2D eigenvalue weighted by Crippen LogP contribution is -2.12. The van der Waals surface area contributed by atoms with Crippen LogP contribution in [0.5, 0.6) is 0 Å². The predicted molar refractivity (Wildman–Crippen MR) is 33.1 cm³/mol. The van der Waals surface area contributed by atoms with Gasteiger partial charge in [-0.15, -0.1) is 0 Å². The summed E-state index contributed by atoms with van der Waals surface area (Å²) < 4.78 is 0. The van der Waals surface area contributed by atoms with Crippen LogP contribution in [0.15, 0.2) is 11.3 Å². The number of aliphatic carboxylic acids is 1. The van der Waals surface area contributed by atoms with E-state index in [4.69, 9.17) is 5.11 Å². The second kappa shape index (κ2) is 2.13. The first-order valence-corrected chi connectivity index (χ1v) is 2.84. The first-order valence-electron chi connectivity index (χ1n) is 2.84. The number of allylic oxidation sites excluding steroid dienone is 1. The molecule has 4 heteroatoms. The van der Waals surface area contributed by atoms with Crippen molar-refractivity contribution in [3.63, 3.8) is 0 Å². The van der Waals surface area contributed by atoms with Crippen molar-refractivity contribution >= 4 is 11.9 Å². The van der Waals surface area contributed by atoms with E-state index >= 15 is 0 Å². The fraction of sp³-hybridized carbons (Fsp3) is 0.333. The molecule has 1 heterocycles. The van der Waals surface area contributed by atoms with Gasteiger partial charge in [-0.3, -0.25) is 4.79 Å². The summed E-state index contributed by atoms with van der Waals surface area (Å²) in [5.41, 5.74) is 0.627. The SMILES string of the molecule is CC1=C(C(=O)O)CC(=O)N1. The number of carboxylic acid groups (broad SMARTS) is 1. The summed E-state index contributed by atoms with van der Waals surface area (Å²) in [6.07, 6.45) is 0.00116. The summed E-state index contributed by atoms with van der Waals surface area (Å²) in [6.45, 7) is 1.58. The summed E-state index contributed by atoms with van der Waals surface area (Å²) in [5, 5.41) is 10.9. The van der Waals surface area contributed by atoms with Crippen molar-refractivity contribution < 1.29 is 14.7 Å². The van der Waals surface area contributed by atoms with Crippen LogP contribution in [0, 0.1) is 0 Å². The van der Waals surface area contributed by atoms with Gasteiger partial charge in [0.2, 0.25) is 5.91 Å². The van der Waals surface area contributed by atoms with Crippen LogP contribution in [0.3, 0.4) is 0 Å². The molecule has 0 aliphatic carbocycles. The Morgan fingerprint density at radius 3 is 2.50 bits per heavy atom. The van der Waals surface area contributed by atoms with Crippen LogP contribution >= 0.6 is 0 Å². The lowest BCUT2D eigenvalue weighted by molar-refractivity contribution is -0.133. The van der Waals surface area contributed by atoms with Gasteiger partial charge in [-0.25, -0.2) is 4.79 Å². The van der Waals surface area contributed by atoms with Gasteiger partial charge in [0.05, 0.1) is 12.0 Å². The van der Waals surface area contributed by atoms with Crippen molar-refractivity contribution in [2.75, 3.05) is 0 Å². The second-order valence-electron chi connectivity index (χ2n) is 2.13. The molecule has 10 heavy (non-hydrogen) atoms. The van der Waals surface area contributed by atoms with E-state index in [9.17, 15) is 9.59 Å². The molecule has 0 aromatic rings. The third kappa shape index (κ3) is 1.00. The van der Waals surface area contributed by atoms with Gasteiger partial charge in [0, 0.05) is 5.70 Å². The summed E-state index contributed by atoms with van der Waals surface area (Å²) in [4.78, 5) is 20.9. The maximum Gasteiger partial charge on any atom is 0.333 e. The summed E-state index contributed by atoms with van der Waals surface area (Å²) in [7, 11) is 0. The zero-order valence-corrected chi connectivity index (χ0v) is 5.47. The molecule has 0 spiro atoms. The van der Waals surface area contributed by atoms with Crippen molar-refractivity contribution in [3.8, 4) is 0 Å². The molecular formula is C6H7NO3. The fourth-order valence-electron chi connectivity index (χ4n) is 0.858. The number of carbonyl (C=O) groups excluding carboxylic acids is 1. The van der Waals surface area contributed by atoms with Crippen LogP contribution in [0.25, 0.3) is 0 Å². The third-order valence-electron chi connectivity index (χ3n) is 1.38. The van der Waals surface area contributed by atoms with Crippen LogP contribution in [0.4, 0.5) is 0 Å². The fourth-order valence-corrected chi connectivity index (χ4v) is 0.858. The molecule has 0 bridgehead atoms. The number of amides is 1. The molecule has 4 nitrogen and oxygen atoms in total. The summed E-state index contributed by atoms with van der Waals surface area (Å²) in [6, 6.07) is 0. The van der Waals surface area contributed by atoms with Crippen molar-refractivity contribution in [1.29, 1.82) is 0 Å². The van der Waals surface area contributed by atoms with Gasteiger partial charge in [-0.05, 0) is 6.92 Å². The first-order chi connectivity index (χ1) is 4.61. The van der Waals surface area contributed by atoms with Gasteiger partial charge in [-0.1, -0.05) is 0 Å². The smallest absolute Gasteiger partial charge is 0.333 e. The molecule has 0 aromatic carbocycles. The van der Waals surface area contributed by atoms with Gasteiger partial charge < -0.3 is 10.4 Å². The monoisotopic (exact) mass is 141 g/mol. The minimum absolute atomic E-state index is 0.00116. The maximum absolute atomic E-state index is 10.6. The van der Waals surface area contributed by atoms with E-state index in [0.717, 1.165) is 0 Å². The molecular weight excluding hydrogens is 134 g/mol. The van der Waals surface area contributed by atoms with Gasteiger partial charge in [0.25, 0.3) is 0 Å². The van der Waals surface area contributed by atoms with Gasteiger partial charge >= 0.3 is 5.97 Å². The number of carboxylic acids is 1. The van der Waals surface area contributed by atoms with Crippen molar-refractivity contribution in [3.05, 3.63) is 11.3 Å². The molecule has 54 valence electrons. The van der Waals surface area contributed by atoms with Crippen molar-refractivity contribution in [2.45, 2.75) is 13.3 Å². The van der Waals surface area contributed by atoms with Gasteiger partial charge in [0.1, 0.15) is 0 Å².